The summed E-state index contributed by atoms with van der Waals surface area (Å²) in [6.45, 7) is 9.37. The summed E-state index contributed by atoms with van der Waals surface area (Å²) in [6, 6.07) is 12.6. The molecule has 0 bridgehead atoms. The summed E-state index contributed by atoms with van der Waals surface area (Å²) in [6.07, 6.45) is 0.904. The summed E-state index contributed by atoms with van der Waals surface area (Å²) < 4.78 is 2.28. The van der Waals surface area contributed by atoms with Crippen LogP contribution in [0.25, 0.3) is 5.69 Å². The maximum absolute atomic E-state index is 9.50. The van der Waals surface area contributed by atoms with Gasteiger partial charge in [-0.05, 0) is 51.0 Å². The number of para-hydroxylation sites is 1. The number of nitrogens with one attached hydrogen (secondary N) is 1. The third-order valence-electron chi connectivity index (χ3n) is 4.39. The Bertz CT molecular complexity index is 583. The topological polar surface area (TPSA) is 37.2 Å². The Morgan fingerprint density at radius 1 is 1.19 bits per heavy atom. The van der Waals surface area contributed by atoms with Crippen LogP contribution < -0.4 is 5.32 Å². The first-order valence-electron chi connectivity index (χ1n) is 7.60. The van der Waals surface area contributed by atoms with Crippen molar-refractivity contribution in [3.05, 3.63) is 53.3 Å². The average Bonchev–Trinajstić information content (AvgIpc) is 2.80. The van der Waals surface area contributed by atoms with Crippen molar-refractivity contribution in [3.8, 4) is 5.69 Å². The van der Waals surface area contributed by atoms with Crippen molar-refractivity contribution < 1.29 is 5.11 Å². The highest BCUT2D eigenvalue weighted by atomic mass is 16.3. The Morgan fingerprint density at radius 2 is 1.86 bits per heavy atom. The molecule has 0 aliphatic rings. The van der Waals surface area contributed by atoms with E-state index in [2.05, 4.69) is 67.9 Å². The van der Waals surface area contributed by atoms with E-state index < -0.39 is 0 Å². The molecule has 0 aliphatic carbocycles. The maximum atomic E-state index is 9.50. The van der Waals surface area contributed by atoms with Gasteiger partial charge in [0, 0.05) is 29.2 Å². The molecule has 2 N–H and O–H groups in total. The molecule has 2 aromatic rings. The number of hydrogen-bond acceptors (Lipinski definition) is 2. The standard InChI is InChI=1S/C18H26N2O/c1-5-18(4,13-21)19-12-16-11-14(2)20(15(16)3)17-9-7-6-8-10-17/h6-11,19,21H,5,12-13H2,1-4H3. The number of hydrogen-bond donors (Lipinski definition) is 2. The maximum Gasteiger partial charge on any atom is 0.0610 e. The molecule has 0 amide bonds. The van der Waals surface area contributed by atoms with Crippen molar-refractivity contribution in [1.29, 1.82) is 0 Å². The molecule has 2 rings (SSSR count). The third kappa shape index (κ3) is 3.36. The highest BCUT2D eigenvalue weighted by Crippen LogP contribution is 2.21. The normalized spacial score (nSPS) is 14.1. The molecule has 3 nitrogen and oxygen atoms in total. The summed E-state index contributed by atoms with van der Waals surface area (Å²) in [4.78, 5) is 0. The molecule has 1 aromatic carbocycles. The van der Waals surface area contributed by atoms with Gasteiger partial charge in [0.2, 0.25) is 0 Å². The van der Waals surface area contributed by atoms with E-state index in [4.69, 9.17) is 0 Å². The number of rotatable bonds is 6. The molecule has 1 aromatic heterocycles. The van der Waals surface area contributed by atoms with Crippen LogP contribution in [0.1, 0.15) is 37.2 Å². The van der Waals surface area contributed by atoms with Gasteiger partial charge in [0.25, 0.3) is 0 Å². The van der Waals surface area contributed by atoms with Gasteiger partial charge in [-0.1, -0.05) is 25.1 Å². The van der Waals surface area contributed by atoms with Crippen molar-refractivity contribution in [3.63, 3.8) is 0 Å². The van der Waals surface area contributed by atoms with E-state index in [1.165, 1.54) is 22.6 Å². The van der Waals surface area contributed by atoms with Gasteiger partial charge in [-0.25, -0.2) is 0 Å². The zero-order valence-corrected chi connectivity index (χ0v) is 13.5. The van der Waals surface area contributed by atoms with Gasteiger partial charge in [-0.2, -0.15) is 0 Å². The zero-order chi connectivity index (χ0) is 15.5. The highest BCUT2D eigenvalue weighted by Gasteiger charge is 2.21. The van der Waals surface area contributed by atoms with Gasteiger partial charge < -0.3 is 15.0 Å². The van der Waals surface area contributed by atoms with Crippen LogP contribution in [0.3, 0.4) is 0 Å². The van der Waals surface area contributed by atoms with Crippen molar-refractivity contribution in [1.82, 2.24) is 9.88 Å². The largest absolute Gasteiger partial charge is 0.394 e. The summed E-state index contributed by atoms with van der Waals surface area (Å²) in [7, 11) is 0. The number of aliphatic hydroxyl groups excluding tert-OH is 1. The zero-order valence-electron chi connectivity index (χ0n) is 13.5. The number of aliphatic hydroxyl groups is 1. The van der Waals surface area contributed by atoms with Crippen LogP contribution in [-0.4, -0.2) is 21.8 Å². The predicted molar refractivity (Wildman–Crippen MR) is 87.9 cm³/mol. The fourth-order valence-corrected chi connectivity index (χ4v) is 2.58. The summed E-state index contributed by atoms with van der Waals surface area (Å²) >= 11 is 0. The quantitative estimate of drug-likeness (QED) is 0.854. The van der Waals surface area contributed by atoms with Crippen LogP contribution in [0.2, 0.25) is 0 Å². The Morgan fingerprint density at radius 3 is 2.43 bits per heavy atom. The molecule has 0 saturated carbocycles. The molecule has 0 saturated heterocycles. The average molecular weight is 286 g/mol. The smallest absolute Gasteiger partial charge is 0.0610 e. The van der Waals surface area contributed by atoms with E-state index in [0.29, 0.717) is 0 Å². The van der Waals surface area contributed by atoms with E-state index in [0.717, 1.165) is 13.0 Å². The lowest BCUT2D eigenvalue weighted by molar-refractivity contribution is 0.169. The fraction of sp³-hybridized carbons (Fsp3) is 0.444. The Balaban J connectivity index is 2.24. The van der Waals surface area contributed by atoms with Crippen LogP contribution in [0.4, 0.5) is 0 Å². The lowest BCUT2D eigenvalue weighted by Crippen LogP contribution is -2.44. The second kappa shape index (κ2) is 6.46. The van der Waals surface area contributed by atoms with Gasteiger partial charge in [0.15, 0.2) is 0 Å². The van der Waals surface area contributed by atoms with Crippen LogP contribution >= 0.6 is 0 Å². The third-order valence-corrected chi connectivity index (χ3v) is 4.39. The lowest BCUT2D eigenvalue weighted by atomic mass is 10.00. The van der Waals surface area contributed by atoms with Crippen LogP contribution in [-0.2, 0) is 6.54 Å². The van der Waals surface area contributed by atoms with Crippen LogP contribution in [0.5, 0.6) is 0 Å². The first-order valence-corrected chi connectivity index (χ1v) is 7.60. The van der Waals surface area contributed by atoms with Gasteiger partial charge in [-0.15, -0.1) is 0 Å². The Kier molecular flexibility index (Phi) is 4.86. The SMILES string of the molecule is CCC(C)(CO)NCc1cc(C)n(-c2ccccc2)c1C. The minimum atomic E-state index is -0.213. The van der Waals surface area contributed by atoms with Gasteiger partial charge in [0.05, 0.1) is 6.61 Å². The fourth-order valence-electron chi connectivity index (χ4n) is 2.58. The summed E-state index contributed by atoms with van der Waals surface area (Å²) in [5.74, 6) is 0. The number of nitrogens with zero attached hydrogens (tertiary/aromatic N) is 1. The molecule has 1 atom stereocenters. The summed E-state index contributed by atoms with van der Waals surface area (Å²) in [5.41, 5.74) is 4.75. The van der Waals surface area contributed by atoms with Gasteiger partial charge in [-0.3, -0.25) is 0 Å². The van der Waals surface area contributed by atoms with Gasteiger partial charge >= 0.3 is 0 Å². The van der Waals surface area contributed by atoms with E-state index in [1.54, 1.807) is 0 Å². The van der Waals surface area contributed by atoms with E-state index in [-0.39, 0.29) is 12.1 Å². The molecule has 21 heavy (non-hydrogen) atoms. The van der Waals surface area contributed by atoms with Crippen molar-refractivity contribution in [2.75, 3.05) is 6.61 Å². The minimum Gasteiger partial charge on any atom is -0.394 e. The lowest BCUT2D eigenvalue weighted by Gasteiger charge is -2.27. The van der Waals surface area contributed by atoms with E-state index in [1.807, 2.05) is 6.07 Å². The number of aromatic nitrogens is 1. The monoisotopic (exact) mass is 286 g/mol. The second-order valence-electron chi connectivity index (χ2n) is 5.99. The van der Waals surface area contributed by atoms with Gasteiger partial charge in [0.1, 0.15) is 0 Å². The van der Waals surface area contributed by atoms with E-state index >= 15 is 0 Å². The van der Waals surface area contributed by atoms with Crippen molar-refractivity contribution >= 4 is 0 Å². The van der Waals surface area contributed by atoms with E-state index in [9.17, 15) is 5.11 Å². The second-order valence-corrected chi connectivity index (χ2v) is 5.99. The molecule has 3 heteroatoms. The first-order chi connectivity index (χ1) is 10.0. The molecular formula is C18H26N2O. The molecule has 1 heterocycles. The number of benzene rings is 1. The summed E-state index contributed by atoms with van der Waals surface area (Å²) in [5, 5.41) is 13.0. The molecule has 114 valence electrons. The molecule has 0 spiro atoms. The number of aryl methyl sites for hydroxylation is 1. The minimum absolute atomic E-state index is 0.154. The van der Waals surface area contributed by atoms with Crippen LogP contribution in [0.15, 0.2) is 36.4 Å². The highest BCUT2D eigenvalue weighted by molar-refractivity contribution is 5.40. The Hall–Kier alpha value is -1.58. The Labute approximate surface area is 127 Å². The molecule has 0 radical (unpaired) electrons. The molecule has 0 fully saturated rings. The van der Waals surface area contributed by atoms with Crippen molar-refractivity contribution in [2.45, 2.75) is 46.2 Å². The molecular weight excluding hydrogens is 260 g/mol. The molecule has 1 unspecified atom stereocenters. The first kappa shape index (κ1) is 15.8. The van der Waals surface area contributed by atoms with Crippen LogP contribution in [0, 0.1) is 13.8 Å². The molecule has 0 aliphatic heterocycles. The van der Waals surface area contributed by atoms with Crippen molar-refractivity contribution in [2.24, 2.45) is 0 Å². The predicted octanol–water partition coefficient (Wildman–Crippen LogP) is 3.34.